The summed E-state index contributed by atoms with van der Waals surface area (Å²) < 4.78 is 13.3. The number of aryl methyl sites for hydroxylation is 1. The van der Waals surface area contributed by atoms with Gasteiger partial charge < -0.3 is 4.90 Å². The van der Waals surface area contributed by atoms with Crippen molar-refractivity contribution < 1.29 is 9.18 Å². The van der Waals surface area contributed by atoms with Crippen molar-refractivity contribution in [3.63, 3.8) is 0 Å². The minimum absolute atomic E-state index is 0.0627. The Hall–Kier alpha value is -2.31. The number of carbonyl (C=O) groups is 1. The zero-order valence-electron chi connectivity index (χ0n) is 10.0. The Balaban J connectivity index is 2.12. The first-order valence-electron chi connectivity index (χ1n) is 5.32. The molecule has 7 heteroatoms. The summed E-state index contributed by atoms with van der Waals surface area (Å²) >= 11 is 0. The third kappa shape index (κ3) is 2.50. The molecule has 0 bridgehead atoms. The van der Waals surface area contributed by atoms with E-state index in [1.807, 2.05) is 0 Å². The van der Waals surface area contributed by atoms with E-state index >= 15 is 0 Å². The van der Waals surface area contributed by atoms with Gasteiger partial charge in [-0.3, -0.25) is 9.89 Å². The first-order valence-corrected chi connectivity index (χ1v) is 5.32. The standard InChI is InChI=1S/C11H12FN5O/c1-7-14-9(16-15-7)6-17(2)11(18)8-4-3-5-13-10(8)12/h3-5H,6H2,1-2H3,(H,14,15,16). The van der Waals surface area contributed by atoms with E-state index in [9.17, 15) is 9.18 Å². The number of pyridine rings is 1. The molecule has 2 aromatic rings. The molecular weight excluding hydrogens is 237 g/mol. The van der Waals surface area contributed by atoms with Crippen molar-refractivity contribution in [3.8, 4) is 0 Å². The molecule has 0 atom stereocenters. The second kappa shape index (κ2) is 4.91. The maximum atomic E-state index is 13.3. The lowest BCUT2D eigenvalue weighted by Gasteiger charge is -2.15. The average molecular weight is 249 g/mol. The molecule has 0 aliphatic carbocycles. The molecule has 6 nitrogen and oxygen atoms in total. The number of H-pyrrole nitrogens is 1. The predicted molar refractivity (Wildman–Crippen MR) is 61.1 cm³/mol. The summed E-state index contributed by atoms with van der Waals surface area (Å²) in [6, 6.07) is 2.91. The van der Waals surface area contributed by atoms with Crippen molar-refractivity contribution in [3.05, 3.63) is 41.5 Å². The summed E-state index contributed by atoms with van der Waals surface area (Å²) in [6.45, 7) is 1.97. The van der Waals surface area contributed by atoms with Gasteiger partial charge >= 0.3 is 0 Å². The van der Waals surface area contributed by atoms with Gasteiger partial charge in [-0.15, -0.1) is 0 Å². The van der Waals surface area contributed by atoms with Gasteiger partial charge in [0.2, 0.25) is 5.95 Å². The quantitative estimate of drug-likeness (QED) is 0.821. The highest BCUT2D eigenvalue weighted by atomic mass is 19.1. The molecule has 2 heterocycles. The van der Waals surface area contributed by atoms with Gasteiger partial charge in [0.25, 0.3) is 5.91 Å². The van der Waals surface area contributed by atoms with Crippen LogP contribution in [0.4, 0.5) is 4.39 Å². The molecule has 1 amide bonds. The maximum Gasteiger partial charge on any atom is 0.258 e. The highest BCUT2D eigenvalue weighted by Gasteiger charge is 2.17. The van der Waals surface area contributed by atoms with Crippen LogP contribution < -0.4 is 0 Å². The van der Waals surface area contributed by atoms with Crippen molar-refractivity contribution in [1.29, 1.82) is 0 Å². The van der Waals surface area contributed by atoms with Crippen LogP contribution in [0, 0.1) is 12.9 Å². The third-order valence-corrected chi connectivity index (χ3v) is 2.36. The van der Waals surface area contributed by atoms with E-state index in [4.69, 9.17) is 0 Å². The molecule has 0 unspecified atom stereocenters. The minimum Gasteiger partial charge on any atom is -0.334 e. The van der Waals surface area contributed by atoms with Crippen LogP contribution in [0.2, 0.25) is 0 Å². The summed E-state index contributed by atoms with van der Waals surface area (Å²) in [7, 11) is 1.56. The average Bonchev–Trinajstić information content (AvgIpc) is 2.74. The largest absolute Gasteiger partial charge is 0.334 e. The number of hydrogen-bond acceptors (Lipinski definition) is 4. The van der Waals surface area contributed by atoms with Crippen LogP contribution in [-0.2, 0) is 6.54 Å². The minimum atomic E-state index is -0.777. The van der Waals surface area contributed by atoms with Crippen molar-refractivity contribution in [2.24, 2.45) is 0 Å². The highest BCUT2D eigenvalue weighted by Crippen LogP contribution is 2.08. The van der Waals surface area contributed by atoms with Crippen LogP contribution in [0.25, 0.3) is 0 Å². The fourth-order valence-electron chi connectivity index (χ4n) is 1.49. The molecule has 0 radical (unpaired) electrons. The second-order valence-corrected chi connectivity index (χ2v) is 3.84. The number of halogens is 1. The smallest absolute Gasteiger partial charge is 0.258 e. The molecular formula is C11H12FN5O. The van der Waals surface area contributed by atoms with Gasteiger partial charge in [-0.2, -0.15) is 9.49 Å². The van der Waals surface area contributed by atoms with E-state index in [0.717, 1.165) is 0 Å². The molecule has 0 aromatic carbocycles. The lowest BCUT2D eigenvalue weighted by Crippen LogP contribution is -2.27. The number of aromatic amines is 1. The number of amides is 1. The lowest BCUT2D eigenvalue weighted by molar-refractivity contribution is 0.0776. The zero-order chi connectivity index (χ0) is 13.1. The summed E-state index contributed by atoms with van der Waals surface area (Å²) in [4.78, 5) is 20.8. The summed E-state index contributed by atoms with van der Waals surface area (Å²) in [5, 5.41) is 6.59. The number of rotatable bonds is 3. The van der Waals surface area contributed by atoms with Gasteiger partial charge in [0, 0.05) is 13.2 Å². The highest BCUT2D eigenvalue weighted by molar-refractivity contribution is 5.93. The molecule has 0 saturated carbocycles. The van der Waals surface area contributed by atoms with Crippen molar-refractivity contribution in [2.45, 2.75) is 13.5 Å². The van der Waals surface area contributed by atoms with E-state index in [-0.39, 0.29) is 12.1 Å². The SMILES string of the molecule is Cc1nc(CN(C)C(=O)c2cccnc2F)n[nH]1. The first kappa shape index (κ1) is 12.2. The summed E-state index contributed by atoms with van der Waals surface area (Å²) in [5.74, 6) is -0.0883. The van der Waals surface area contributed by atoms with E-state index in [1.165, 1.54) is 23.2 Å². The molecule has 0 saturated heterocycles. The second-order valence-electron chi connectivity index (χ2n) is 3.84. The zero-order valence-corrected chi connectivity index (χ0v) is 10.0. The fraction of sp³-hybridized carbons (Fsp3) is 0.273. The Morgan fingerprint density at radius 2 is 2.33 bits per heavy atom. The number of hydrogen-bond donors (Lipinski definition) is 1. The van der Waals surface area contributed by atoms with Gasteiger partial charge in [0.05, 0.1) is 12.1 Å². The number of carbonyl (C=O) groups excluding carboxylic acids is 1. The Morgan fingerprint density at radius 3 is 2.94 bits per heavy atom. The third-order valence-electron chi connectivity index (χ3n) is 2.36. The lowest BCUT2D eigenvalue weighted by atomic mass is 10.2. The molecule has 1 N–H and O–H groups in total. The molecule has 0 spiro atoms. The van der Waals surface area contributed by atoms with Crippen LogP contribution in [0.1, 0.15) is 22.0 Å². The first-order chi connectivity index (χ1) is 8.58. The Labute approximate surface area is 103 Å². The Kier molecular flexibility index (Phi) is 3.31. The number of nitrogens with zero attached hydrogens (tertiary/aromatic N) is 4. The van der Waals surface area contributed by atoms with Crippen LogP contribution in [-0.4, -0.2) is 38.0 Å². The van der Waals surface area contributed by atoms with Crippen LogP contribution >= 0.6 is 0 Å². The molecule has 0 aliphatic rings. The monoisotopic (exact) mass is 249 g/mol. The normalized spacial score (nSPS) is 10.4. The van der Waals surface area contributed by atoms with E-state index in [0.29, 0.717) is 11.6 Å². The fourth-order valence-corrected chi connectivity index (χ4v) is 1.49. The number of aromatic nitrogens is 4. The topological polar surface area (TPSA) is 74.8 Å². The predicted octanol–water partition coefficient (Wildman–Crippen LogP) is 0.919. The maximum absolute atomic E-state index is 13.3. The number of nitrogens with one attached hydrogen (secondary N) is 1. The molecule has 0 fully saturated rings. The van der Waals surface area contributed by atoms with Gasteiger partial charge in [0.1, 0.15) is 5.82 Å². The van der Waals surface area contributed by atoms with Gasteiger partial charge in [-0.05, 0) is 19.1 Å². The molecule has 2 aromatic heterocycles. The Bertz CT molecular complexity index is 568. The van der Waals surface area contributed by atoms with Gasteiger partial charge in [0.15, 0.2) is 5.82 Å². The Morgan fingerprint density at radius 1 is 1.56 bits per heavy atom. The van der Waals surface area contributed by atoms with E-state index < -0.39 is 11.9 Å². The summed E-state index contributed by atoms with van der Waals surface area (Å²) in [6.07, 6.45) is 1.30. The molecule has 0 aliphatic heterocycles. The molecule has 18 heavy (non-hydrogen) atoms. The van der Waals surface area contributed by atoms with Gasteiger partial charge in [-0.1, -0.05) is 0 Å². The van der Waals surface area contributed by atoms with E-state index in [2.05, 4.69) is 20.2 Å². The summed E-state index contributed by atoms with van der Waals surface area (Å²) in [5.41, 5.74) is -0.0627. The van der Waals surface area contributed by atoms with Crippen LogP contribution in [0.5, 0.6) is 0 Å². The van der Waals surface area contributed by atoms with Crippen molar-refractivity contribution in [1.82, 2.24) is 25.1 Å². The van der Waals surface area contributed by atoms with Crippen molar-refractivity contribution >= 4 is 5.91 Å². The van der Waals surface area contributed by atoms with E-state index in [1.54, 1.807) is 14.0 Å². The van der Waals surface area contributed by atoms with Crippen molar-refractivity contribution in [2.75, 3.05) is 7.05 Å². The van der Waals surface area contributed by atoms with Crippen LogP contribution in [0.3, 0.4) is 0 Å². The van der Waals surface area contributed by atoms with Gasteiger partial charge in [-0.25, -0.2) is 9.97 Å². The molecule has 94 valence electrons. The molecule has 2 rings (SSSR count). The van der Waals surface area contributed by atoms with Crippen LogP contribution in [0.15, 0.2) is 18.3 Å².